The zero-order valence-corrected chi connectivity index (χ0v) is 10.3. The maximum atomic E-state index is 9.70. The number of benzene rings is 1. The summed E-state index contributed by atoms with van der Waals surface area (Å²) in [6, 6.07) is 7.91. The Kier molecular flexibility index (Phi) is 2.96. The Bertz CT molecular complexity index is 496. The van der Waals surface area contributed by atoms with Crippen LogP contribution in [0.2, 0.25) is 5.02 Å². The van der Waals surface area contributed by atoms with E-state index in [0.717, 1.165) is 28.9 Å². The molecule has 0 aliphatic rings. The number of aliphatic hydroxyl groups is 1. The minimum atomic E-state index is -0.622. The number of halogens is 1. The number of aromatic nitrogens is 1. The van der Waals surface area contributed by atoms with Crippen molar-refractivity contribution in [3.63, 3.8) is 0 Å². The van der Waals surface area contributed by atoms with Gasteiger partial charge in [-0.05, 0) is 44.5 Å². The lowest BCUT2D eigenvalue weighted by Crippen LogP contribution is -2.20. The number of hydrogen-bond donors (Lipinski definition) is 1. The summed E-state index contributed by atoms with van der Waals surface area (Å²) in [5.41, 5.74) is 0.539. The van der Waals surface area contributed by atoms with Crippen molar-refractivity contribution in [2.75, 3.05) is 0 Å². The number of fused-ring (bicyclic) bond motifs is 1. The molecule has 86 valence electrons. The topological polar surface area (TPSA) is 25.2 Å². The zero-order valence-electron chi connectivity index (χ0n) is 9.57. The van der Waals surface area contributed by atoms with Gasteiger partial charge in [-0.25, -0.2) is 0 Å². The van der Waals surface area contributed by atoms with E-state index in [1.54, 1.807) is 0 Å². The SMILES string of the molecule is CC(C)(O)CCn1ccc2cc(Cl)ccc21. The molecule has 0 saturated heterocycles. The first-order valence-electron chi connectivity index (χ1n) is 5.42. The van der Waals surface area contributed by atoms with Crippen LogP contribution >= 0.6 is 11.6 Å². The summed E-state index contributed by atoms with van der Waals surface area (Å²) >= 11 is 5.93. The molecule has 0 aliphatic heterocycles. The predicted octanol–water partition coefficient (Wildman–Crippen LogP) is 3.46. The Hall–Kier alpha value is -0.990. The third kappa shape index (κ3) is 2.57. The molecular weight excluding hydrogens is 222 g/mol. The van der Waals surface area contributed by atoms with Crippen LogP contribution in [0, 0.1) is 0 Å². The Morgan fingerprint density at radius 1 is 1.31 bits per heavy atom. The van der Waals surface area contributed by atoms with Gasteiger partial charge in [0, 0.05) is 28.7 Å². The van der Waals surface area contributed by atoms with Gasteiger partial charge >= 0.3 is 0 Å². The van der Waals surface area contributed by atoms with Crippen molar-refractivity contribution in [2.45, 2.75) is 32.4 Å². The van der Waals surface area contributed by atoms with Crippen molar-refractivity contribution in [3.8, 4) is 0 Å². The van der Waals surface area contributed by atoms with Crippen LogP contribution in [0.5, 0.6) is 0 Å². The van der Waals surface area contributed by atoms with E-state index >= 15 is 0 Å². The zero-order chi connectivity index (χ0) is 11.8. The van der Waals surface area contributed by atoms with Crippen molar-refractivity contribution < 1.29 is 5.11 Å². The van der Waals surface area contributed by atoms with Gasteiger partial charge in [0.05, 0.1) is 5.60 Å². The molecule has 0 amide bonds. The van der Waals surface area contributed by atoms with Crippen LogP contribution in [0.25, 0.3) is 10.9 Å². The molecule has 1 heterocycles. The summed E-state index contributed by atoms with van der Waals surface area (Å²) in [6.45, 7) is 4.47. The third-order valence-electron chi connectivity index (χ3n) is 2.70. The monoisotopic (exact) mass is 237 g/mol. The van der Waals surface area contributed by atoms with Crippen LogP contribution in [0.4, 0.5) is 0 Å². The first-order chi connectivity index (χ1) is 7.46. The highest BCUT2D eigenvalue weighted by molar-refractivity contribution is 6.31. The van der Waals surface area contributed by atoms with Crippen LogP contribution in [-0.4, -0.2) is 15.3 Å². The fraction of sp³-hybridized carbons (Fsp3) is 0.385. The summed E-state index contributed by atoms with van der Waals surface area (Å²) < 4.78 is 2.14. The van der Waals surface area contributed by atoms with Gasteiger partial charge in [-0.15, -0.1) is 0 Å². The lowest BCUT2D eigenvalue weighted by molar-refractivity contribution is 0.0666. The molecule has 0 spiro atoms. The Morgan fingerprint density at radius 2 is 2.06 bits per heavy atom. The molecule has 0 radical (unpaired) electrons. The highest BCUT2D eigenvalue weighted by atomic mass is 35.5. The third-order valence-corrected chi connectivity index (χ3v) is 2.93. The van der Waals surface area contributed by atoms with Crippen LogP contribution in [0.15, 0.2) is 30.5 Å². The molecule has 2 aromatic rings. The first-order valence-corrected chi connectivity index (χ1v) is 5.80. The molecule has 0 unspecified atom stereocenters. The summed E-state index contributed by atoms with van der Waals surface area (Å²) in [5.74, 6) is 0. The van der Waals surface area contributed by atoms with Crippen molar-refractivity contribution in [2.24, 2.45) is 0 Å². The van der Waals surface area contributed by atoms with Crippen molar-refractivity contribution in [1.82, 2.24) is 4.57 Å². The van der Waals surface area contributed by atoms with Crippen molar-refractivity contribution in [1.29, 1.82) is 0 Å². The molecule has 0 bridgehead atoms. The smallest absolute Gasteiger partial charge is 0.0608 e. The molecular formula is C13H16ClNO. The van der Waals surface area contributed by atoms with Gasteiger partial charge in [-0.3, -0.25) is 0 Å². The van der Waals surface area contributed by atoms with E-state index in [9.17, 15) is 5.11 Å². The fourth-order valence-electron chi connectivity index (χ4n) is 1.76. The molecule has 1 aromatic carbocycles. The second-order valence-electron chi connectivity index (χ2n) is 4.77. The highest BCUT2D eigenvalue weighted by Crippen LogP contribution is 2.21. The van der Waals surface area contributed by atoms with Crippen LogP contribution < -0.4 is 0 Å². The average Bonchev–Trinajstić information content (AvgIpc) is 2.56. The number of hydrogen-bond acceptors (Lipinski definition) is 1. The van der Waals surface area contributed by atoms with Crippen LogP contribution in [0.3, 0.4) is 0 Å². The van der Waals surface area contributed by atoms with Crippen LogP contribution in [-0.2, 0) is 6.54 Å². The van der Waals surface area contributed by atoms with E-state index in [1.807, 2.05) is 44.3 Å². The predicted molar refractivity (Wildman–Crippen MR) is 67.9 cm³/mol. The number of rotatable bonds is 3. The summed E-state index contributed by atoms with van der Waals surface area (Å²) in [7, 11) is 0. The second-order valence-corrected chi connectivity index (χ2v) is 5.21. The quantitative estimate of drug-likeness (QED) is 0.869. The van der Waals surface area contributed by atoms with E-state index < -0.39 is 5.60 Å². The standard InChI is InChI=1S/C13H16ClNO/c1-13(2,16)6-8-15-7-5-10-9-11(14)3-4-12(10)15/h3-5,7,9,16H,6,8H2,1-2H3. The molecule has 0 aliphatic carbocycles. The molecule has 2 rings (SSSR count). The van der Waals surface area contributed by atoms with E-state index in [0.29, 0.717) is 0 Å². The van der Waals surface area contributed by atoms with Gasteiger partial charge in [0.25, 0.3) is 0 Å². The maximum absolute atomic E-state index is 9.70. The van der Waals surface area contributed by atoms with E-state index in [-0.39, 0.29) is 0 Å². The van der Waals surface area contributed by atoms with Gasteiger partial charge in [0.15, 0.2) is 0 Å². The van der Waals surface area contributed by atoms with Gasteiger partial charge in [0.1, 0.15) is 0 Å². The van der Waals surface area contributed by atoms with Gasteiger partial charge in [-0.1, -0.05) is 11.6 Å². The Balaban J connectivity index is 2.25. The van der Waals surface area contributed by atoms with E-state index in [1.165, 1.54) is 0 Å². The molecule has 2 nitrogen and oxygen atoms in total. The highest BCUT2D eigenvalue weighted by Gasteiger charge is 2.12. The Morgan fingerprint density at radius 3 is 2.75 bits per heavy atom. The van der Waals surface area contributed by atoms with E-state index in [4.69, 9.17) is 11.6 Å². The molecule has 1 aromatic heterocycles. The molecule has 0 saturated carbocycles. The molecule has 16 heavy (non-hydrogen) atoms. The number of nitrogens with zero attached hydrogens (tertiary/aromatic N) is 1. The first kappa shape index (κ1) is 11.5. The van der Waals surface area contributed by atoms with Gasteiger partial charge in [0.2, 0.25) is 0 Å². The molecule has 0 atom stereocenters. The summed E-state index contributed by atoms with van der Waals surface area (Å²) in [4.78, 5) is 0. The molecule has 1 N–H and O–H groups in total. The van der Waals surface area contributed by atoms with Crippen molar-refractivity contribution >= 4 is 22.5 Å². The van der Waals surface area contributed by atoms with Gasteiger partial charge < -0.3 is 9.67 Å². The van der Waals surface area contributed by atoms with Crippen molar-refractivity contribution in [3.05, 3.63) is 35.5 Å². The largest absolute Gasteiger partial charge is 0.390 e. The molecule has 3 heteroatoms. The minimum absolute atomic E-state index is 0.622. The normalized spacial score (nSPS) is 12.2. The van der Waals surface area contributed by atoms with Gasteiger partial charge in [-0.2, -0.15) is 0 Å². The number of aryl methyl sites for hydroxylation is 1. The Labute approximate surface area is 100 Å². The molecule has 0 fully saturated rings. The maximum Gasteiger partial charge on any atom is 0.0608 e. The average molecular weight is 238 g/mol. The lowest BCUT2D eigenvalue weighted by Gasteiger charge is -2.17. The van der Waals surface area contributed by atoms with E-state index in [2.05, 4.69) is 4.57 Å². The fourth-order valence-corrected chi connectivity index (χ4v) is 1.94. The second kappa shape index (κ2) is 4.11. The summed E-state index contributed by atoms with van der Waals surface area (Å²) in [5, 5.41) is 11.6. The lowest BCUT2D eigenvalue weighted by atomic mass is 10.1. The van der Waals surface area contributed by atoms with Crippen LogP contribution in [0.1, 0.15) is 20.3 Å². The minimum Gasteiger partial charge on any atom is -0.390 e. The summed E-state index contributed by atoms with van der Waals surface area (Å²) in [6.07, 6.45) is 2.77.